The van der Waals surface area contributed by atoms with Crippen LogP contribution in [0.5, 0.6) is 5.75 Å². The summed E-state index contributed by atoms with van der Waals surface area (Å²) in [5.41, 5.74) is 8.32. The highest BCUT2D eigenvalue weighted by Crippen LogP contribution is 2.35. The Balaban J connectivity index is -0.000000686. The van der Waals surface area contributed by atoms with Crippen LogP contribution in [0.25, 0.3) is 0 Å². The summed E-state index contributed by atoms with van der Waals surface area (Å²) >= 11 is 5.95. The molecule has 0 aliphatic rings. The third kappa shape index (κ3) is 20.2. The lowest BCUT2D eigenvalue weighted by atomic mass is 9.98. The molecule has 3 N–H and O–H groups in total. The maximum absolute atomic E-state index is 12.7. The van der Waals surface area contributed by atoms with Gasteiger partial charge < -0.3 is 10.8 Å². The Morgan fingerprint density at radius 3 is 2.18 bits per heavy atom. The topological polar surface area (TPSA) is 61.9 Å². The minimum absolute atomic E-state index is 0.114. The van der Waals surface area contributed by atoms with Crippen molar-refractivity contribution in [3.8, 4) is 5.75 Å². The number of halogens is 2. The number of likely N-dealkylation sites (N-methyl/N-ethyl adjacent to an activating group) is 1. The molecule has 1 aromatic carbocycles. The molecule has 4 nitrogen and oxygen atoms in total. The zero-order valence-electron chi connectivity index (χ0n) is 26.3. The maximum Gasteiger partial charge on any atom is 0.122 e. The summed E-state index contributed by atoms with van der Waals surface area (Å²) < 4.78 is 12.7. The lowest BCUT2D eigenvalue weighted by Crippen LogP contribution is -2.26. The molecule has 0 bridgehead atoms. The summed E-state index contributed by atoms with van der Waals surface area (Å²) in [6.45, 7) is 20.9. The van der Waals surface area contributed by atoms with Gasteiger partial charge in [0.05, 0.1) is 12.2 Å². The predicted octanol–water partition coefficient (Wildman–Crippen LogP) is 10.3. The smallest absolute Gasteiger partial charge is 0.122 e. The minimum Gasteiger partial charge on any atom is -0.508 e. The molecule has 0 radical (unpaired) electrons. The molecule has 3 unspecified atom stereocenters. The zero-order valence-corrected chi connectivity index (χ0v) is 27.1. The molecule has 0 saturated carbocycles. The zero-order chi connectivity index (χ0) is 30.1. The van der Waals surface area contributed by atoms with E-state index in [0.29, 0.717) is 18.0 Å². The monoisotopic (exact) mass is 555 g/mol. The van der Waals surface area contributed by atoms with Crippen LogP contribution in [0.15, 0.2) is 46.7 Å². The van der Waals surface area contributed by atoms with Crippen molar-refractivity contribution in [3.05, 3.63) is 52.3 Å². The van der Waals surface area contributed by atoms with Crippen LogP contribution >= 0.6 is 11.6 Å². The molecule has 0 aliphatic carbocycles. The van der Waals surface area contributed by atoms with Crippen molar-refractivity contribution in [2.45, 2.75) is 120 Å². The lowest BCUT2D eigenvalue weighted by molar-refractivity contribution is 0.290. The van der Waals surface area contributed by atoms with Gasteiger partial charge in [-0.1, -0.05) is 98.4 Å². The summed E-state index contributed by atoms with van der Waals surface area (Å²) in [5.74, 6) is 0.953. The van der Waals surface area contributed by atoms with E-state index < -0.39 is 6.17 Å². The fourth-order valence-electron chi connectivity index (χ4n) is 3.41. The third-order valence-electron chi connectivity index (χ3n) is 5.78. The molecule has 0 spiro atoms. The van der Waals surface area contributed by atoms with Gasteiger partial charge in [-0.15, -0.1) is 0 Å². The molecule has 0 fully saturated rings. The van der Waals surface area contributed by atoms with Crippen molar-refractivity contribution in [2.75, 3.05) is 13.6 Å². The molecular formula is C32H59ClFN3O. The number of alkyl halides is 1. The molecular weight excluding hydrogens is 497 g/mol. The number of rotatable bonds is 13. The summed E-state index contributed by atoms with van der Waals surface area (Å²) in [5, 5.41) is 10.8. The largest absolute Gasteiger partial charge is 0.508 e. The van der Waals surface area contributed by atoms with E-state index >= 15 is 0 Å². The first-order valence-corrected chi connectivity index (χ1v) is 14.9. The summed E-state index contributed by atoms with van der Waals surface area (Å²) in [6, 6.07) is 5.07. The molecule has 0 heterocycles. The minimum atomic E-state index is -0.556. The molecule has 0 aliphatic heterocycles. The van der Waals surface area contributed by atoms with Gasteiger partial charge in [0.25, 0.3) is 0 Å². The number of aliphatic imine (C=N–C) groups is 1. The van der Waals surface area contributed by atoms with Gasteiger partial charge in [-0.3, -0.25) is 9.89 Å². The molecule has 222 valence electrons. The van der Waals surface area contributed by atoms with Gasteiger partial charge in [0, 0.05) is 35.2 Å². The number of hydrogen-bond acceptors (Lipinski definition) is 4. The van der Waals surface area contributed by atoms with Crippen molar-refractivity contribution in [3.63, 3.8) is 0 Å². The van der Waals surface area contributed by atoms with E-state index in [2.05, 4.69) is 23.7 Å². The Morgan fingerprint density at radius 2 is 1.71 bits per heavy atom. The number of nitrogens with two attached hydrogens (primary N) is 1. The first-order chi connectivity index (χ1) is 18.1. The third-order valence-corrected chi connectivity index (χ3v) is 6.02. The standard InChI is InChI=1S/C18H26ClN3O.C10H21F.2C2H6/c1-5-9-21-12-13(2)18(22(4)10-8-14(3)20)16-7-6-15(19)11-17(16)23;1-4-9(3)7-6-8-10(11)5-2;2*1-2/h6-9,11-12,18,23H,5,10,20H2,1-4H3;9-10H,4-8H2,1-3H3;2*1-2H3/b13-12+,14-8+,21-9?;;;. The number of aromatic hydroxyl groups is 1. The van der Waals surface area contributed by atoms with Gasteiger partial charge in [0.1, 0.15) is 5.75 Å². The van der Waals surface area contributed by atoms with Crippen LogP contribution in [0.2, 0.25) is 5.02 Å². The molecule has 6 heteroatoms. The van der Waals surface area contributed by atoms with Crippen LogP contribution in [-0.2, 0) is 0 Å². The Kier molecular flexibility index (Phi) is 28.6. The first kappa shape index (κ1) is 40.6. The van der Waals surface area contributed by atoms with Crippen molar-refractivity contribution in [1.82, 2.24) is 4.90 Å². The molecule has 38 heavy (non-hydrogen) atoms. The molecule has 0 saturated heterocycles. The van der Waals surface area contributed by atoms with Gasteiger partial charge in [0.15, 0.2) is 0 Å². The maximum atomic E-state index is 12.7. The fraction of sp³-hybridized carbons (Fsp3) is 0.656. The van der Waals surface area contributed by atoms with Crippen molar-refractivity contribution in [2.24, 2.45) is 16.6 Å². The molecule has 1 aromatic rings. The van der Waals surface area contributed by atoms with Crippen molar-refractivity contribution < 1.29 is 9.50 Å². The second-order valence-corrected chi connectivity index (χ2v) is 9.49. The summed E-state index contributed by atoms with van der Waals surface area (Å²) in [7, 11) is 1.99. The van der Waals surface area contributed by atoms with Gasteiger partial charge in [0.2, 0.25) is 0 Å². The van der Waals surface area contributed by atoms with Gasteiger partial charge in [-0.25, -0.2) is 4.39 Å². The normalized spacial score (nSPS) is 13.9. The Hall–Kier alpha value is -1.85. The predicted molar refractivity (Wildman–Crippen MR) is 170 cm³/mol. The van der Waals surface area contributed by atoms with Crippen LogP contribution < -0.4 is 5.73 Å². The molecule has 0 aromatic heterocycles. The van der Waals surface area contributed by atoms with Gasteiger partial charge in [-0.2, -0.15) is 0 Å². The highest BCUT2D eigenvalue weighted by atomic mass is 35.5. The van der Waals surface area contributed by atoms with Crippen LogP contribution in [0, 0.1) is 5.92 Å². The number of phenolic OH excluding ortho intramolecular Hbond substituents is 1. The van der Waals surface area contributed by atoms with E-state index in [1.54, 1.807) is 12.1 Å². The van der Waals surface area contributed by atoms with E-state index in [1.807, 2.05) is 87.0 Å². The number of benzene rings is 1. The van der Waals surface area contributed by atoms with Crippen LogP contribution in [0.1, 0.15) is 119 Å². The highest BCUT2D eigenvalue weighted by molar-refractivity contribution is 6.30. The number of allylic oxidation sites excluding steroid dienone is 1. The summed E-state index contributed by atoms with van der Waals surface area (Å²) in [6.07, 6.45) is 10.9. The molecule has 0 amide bonds. The van der Waals surface area contributed by atoms with E-state index in [9.17, 15) is 9.50 Å². The average Bonchev–Trinajstić information content (AvgIpc) is 2.91. The van der Waals surface area contributed by atoms with Crippen molar-refractivity contribution >= 4 is 17.8 Å². The van der Waals surface area contributed by atoms with E-state index in [4.69, 9.17) is 17.3 Å². The van der Waals surface area contributed by atoms with Gasteiger partial charge >= 0.3 is 0 Å². The van der Waals surface area contributed by atoms with Crippen LogP contribution in [-0.4, -0.2) is 36.0 Å². The summed E-state index contributed by atoms with van der Waals surface area (Å²) in [4.78, 5) is 6.40. The Bertz CT molecular complexity index is 766. The van der Waals surface area contributed by atoms with E-state index in [1.165, 1.54) is 12.8 Å². The fourth-order valence-corrected chi connectivity index (χ4v) is 3.58. The van der Waals surface area contributed by atoms with E-state index in [0.717, 1.165) is 42.0 Å². The van der Waals surface area contributed by atoms with Gasteiger partial charge in [-0.05, 0) is 63.8 Å². The second kappa shape index (κ2) is 26.7. The number of phenols is 1. The average molecular weight is 556 g/mol. The van der Waals surface area contributed by atoms with Crippen LogP contribution in [0.4, 0.5) is 4.39 Å². The van der Waals surface area contributed by atoms with E-state index in [-0.39, 0.29) is 11.8 Å². The Labute approximate surface area is 240 Å². The molecule has 1 rings (SSSR count). The number of nitrogens with zero attached hydrogens (tertiary/aromatic N) is 2. The van der Waals surface area contributed by atoms with Crippen molar-refractivity contribution in [1.29, 1.82) is 0 Å². The SMILES string of the molecule is CC.CC.CCC(C)CCCC(F)CC.CCC=N/C=C(\C)C(c1ccc(Cl)cc1O)N(C)C/C=C(\C)N. The first-order valence-electron chi connectivity index (χ1n) is 14.5. The lowest BCUT2D eigenvalue weighted by Gasteiger charge is -2.29. The second-order valence-electron chi connectivity index (χ2n) is 9.06. The highest BCUT2D eigenvalue weighted by Gasteiger charge is 2.21. The molecule has 3 atom stereocenters. The number of hydrogen-bond donors (Lipinski definition) is 2. The van der Waals surface area contributed by atoms with Crippen LogP contribution in [0.3, 0.4) is 0 Å². The Morgan fingerprint density at radius 1 is 1.11 bits per heavy atom. The quantitative estimate of drug-likeness (QED) is 0.238.